The minimum Gasteiger partial charge on any atom is -0.384 e. The fourth-order valence-corrected chi connectivity index (χ4v) is 3.72. The van der Waals surface area contributed by atoms with Crippen LogP contribution in [0, 0.1) is 5.41 Å². The fourth-order valence-electron chi connectivity index (χ4n) is 2.55. The minimum absolute atomic E-state index is 0.0347. The topological polar surface area (TPSA) is 75.7 Å². The second kappa shape index (κ2) is 8.78. The van der Waals surface area contributed by atoms with E-state index < -0.39 is 9.84 Å². The first-order valence-corrected chi connectivity index (χ1v) is 9.92. The second-order valence-electron chi connectivity index (χ2n) is 7.26. The number of hydrogen-bond donors (Lipinski definition) is 1. The van der Waals surface area contributed by atoms with Crippen molar-refractivity contribution in [1.29, 1.82) is 0 Å². The molecule has 1 aromatic carbocycles. The first-order valence-electron chi connectivity index (χ1n) is 8.27. The molecule has 0 saturated heterocycles. The van der Waals surface area contributed by atoms with E-state index >= 15 is 0 Å². The van der Waals surface area contributed by atoms with Crippen molar-refractivity contribution in [2.24, 2.45) is 5.41 Å². The summed E-state index contributed by atoms with van der Waals surface area (Å²) in [4.78, 5) is 14.7. The quantitative estimate of drug-likeness (QED) is 0.717. The fraction of sp³-hybridized carbons (Fsp3) is 0.611. The van der Waals surface area contributed by atoms with Crippen LogP contribution in [0.2, 0.25) is 0 Å². The van der Waals surface area contributed by atoms with Gasteiger partial charge in [-0.1, -0.05) is 13.8 Å². The first kappa shape index (κ1) is 21.6. The van der Waals surface area contributed by atoms with Gasteiger partial charge in [-0.3, -0.25) is 4.79 Å². The van der Waals surface area contributed by atoms with Crippen molar-refractivity contribution in [3.05, 3.63) is 29.8 Å². The molecule has 0 aliphatic carbocycles. The third-order valence-electron chi connectivity index (χ3n) is 4.28. The zero-order valence-corrected chi connectivity index (χ0v) is 16.8. The van der Waals surface area contributed by atoms with E-state index in [1.807, 2.05) is 21.0 Å². The minimum atomic E-state index is -3.39. The molecule has 1 N–H and O–H groups in total. The van der Waals surface area contributed by atoms with Crippen molar-refractivity contribution in [3.8, 4) is 0 Å². The number of methoxy groups -OCH3 is 1. The molecule has 1 rings (SSSR count). The van der Waals surface area contributed by atoms with Gasteiger partial charge in [0.15, 0.2) is 9.84 Å². The second-order valence-corrected chi connectivity index (χ2v) is 9.37. The van der Waals surface area contributed by atoms with Crippen molar-refractivity contribution < 1.29 is 17.9 Å². The van der Waals surface area contributed by atoms with E-state index in [4.69, 9.17) is 4.74 Å². The van der Waals surface area contributed by atoms with E-state index in [1.54, 1.807) is 12.1 Å². The number of benzene rings is 1. The molecule has 0 aliphatic heterocycles. The molecule has 7 heteroatoms. The third-order valence-corrected chi connectivity index (χ3v) is 5.97. The number of nitrogens with one attached hydrogen (secondary N) is 1. The first-order chi connectivity index (χ1) is 11.5. The van der Waals surface area contributed by atoms with Gasteiger partial charge in [0.05, 0.1) is 17.3 Å². The lowest BCUT2D eigenvalue weighted by Crippen LogP contribution is -2.47. The van der Waals surface area contributed by atoms with Crippen LogP contribution in [0.4, 0.5) is 0 Å². The molecule has 0 spiro atoms. The number of nitrogens with zero attached hydrogens (tertiary/aromatic N) is 1. The van der Waals surface area contributed by atoms with Crippen molar-refractivity contribution in [3.63, 3.8) is 0 Å². The van der Waals surface area contributed by atoms with Crippen LogP contribution in [0.5, 0.6) is 0 Å². The molecule has 0 aliphatic rings. The molecule has 0 saturated carbocycles. The molecule has 0 bridgehead atoms. The SMILES string of the molecule is COCCS(=O)(=O)c1ccc(C(=O)N[C@H](C)C(C)(C)CN(C)C)cc1. The number of hydrogen-bond acceptors (Lipinski definition) is 5. The van der Waals surface area contributed by atoms with Gasteiger partial charge >= 0.3 is 0 Å². The van der Waals surface area contributed by atoms with Crippen molar-refractivity contribution in [2.75, 3.05) is 40.1 Å². The monoisotopic (exact) mass is 370 g/mol. The smallest absolute Gasteiger partial charge is 0.251 e. The van der Waals surface area contributed by atoms with Crippen LogP contribution in [0.3, 0.4) is 0 Å². The van der Waals surface area contributed by atoms with E-state index in [0.717, 1.165) is 6.54 Å². The molecule has 1 atom stereocenters. The molecular formula is C18H30N2O4S. The number of ether oxygens (including phenoxy) is 1. The summed E-state index contributed by atoms with van der Waals surface area (Å²) in [6.45, 7) is 7.16. The van der Waals surface area contributed by atoms with E-state index in [9.17, 15) is 13.2 Å². The Morgan fingerprint density at radius 3 is 2.28 bits per heavy atom. The Morgan fingerprint density at radius 1 is 1.24 bits per heavy atom. The Hall–Kier alpha value is -1.44. The van der Waals surface area contributed by atoms with Gasteiger partial charge in [-0.25, -0.2) is 8.42 Å². The van der Waals surface area contributed by atoms with Gasteiger partial charge in [0.1, 0.15) is 0 Å². The van der Waals surface area contributed by atoms with Gasteiger partial charge in [-0.15, -0.1) is 0 Å². The van der Waals surface area contributed by atoms with Gasteiger partial charge in [0.25, 0.3) is 5.91 Å². The molecule has 1 aromatic rings. The van der Waals surface area contributed by atoms with E-state index in [0.29, 0.717) is 5.56 Å². The summed E-state index contributed by atoms with van der Waals surface area (Å²) in [5.41, 5.74) is 0.348. The number of carbonyl (C=O) groups is 1. The average Bonchev–Trinajstić information content (AvgIpc) is 2.51. The van der Waals surface area contributed by atoms with Crippen LogP contribution >= 0.6 is 0 Å². The molecule has 6 nitrogen and oxygen atoms in total. The third kappa shape index (κ3) is 6.41. The Morgan fingerprint density at radius 2 is 1.80 bits per heavy atom. The largest absolute Gasteiger partial charge is 0.384 e. The van der Waals surface area contributed by atoms with Crippen LogP contribution in [0.25, 0.3) is 0 Å². The van der Waals surface area contributed by atoms with Crippen LogP contribution in [0.15, 0.2) is 29.2 Å². The highest BCUT2D eigenvalue weighted by molar-refractivity contribution is 7.91. The van der Waals surface area contributed by atoms with E-state index in [1.165, 1.54) is 19.2 Å². The summed E-state index contributed by atoms with van der Waals surface area (Å²) in [7, 11) is 2.07. The molecule has 0 aromatic heterocycles. The normalized spacial score (nSPS) is 13.7. The van der Waals surface area contributed by atoms with Gasteiger partial charge in [0, 0.05) is 25.3 Å². The van der Waals surface area contributed by atoms with Gasteiger partial charge < -0.3 is 15.0 Å². The summed E-state index contributed by atoms with van der Waals surface area (Å²) in [5.74, 6) is -0.287. The predicted molar refractivity (Wildman–Crippen MR) is 99.6 cm³/mol. The summed E-state index contributed by atoms with van der Waals surface area (Å²) >= 11 is 0. The molecule has 25 heavy (non-hydrogen) atoms. The zero-order chi connectivity index (χ0) is 19.3. The highest BCUT2D eigenvalue weighted by Gasteiger charge is 2.28. The Balaban J connectivity index is 2.81. The number of rotatable bonds is 9. The van der Waals surface area contributed by atoms with Gasteiger partial charge in [-0.2, -0.15) is 0 Å². The molecule has 0 unspecified atom stereocenters. The molecule has 0 fully saturated rings. The molecular weight excluding hydrogens is 340 g/mol. The maximum Gasteiger partial charge on any atom is 0.251 e. The molecule has 0 radical (unpaired) electrons. The van der Waals surface area contributed by atoms with Crippen molar-refractivity contribution in [1.82, 2.24) is 10.2 Å². The number of carbonyl (C=O) groups excluding carboxylic acids is 1. The number of amides is 1. The maximum absolute atomic E-state index is 12.4. The zero-order valence-electron chi connectivity index (χ0n) is 16.0. The van der Waals surface area contributed by atoms with E-state index in [2.05, 4.69) is 24.1 Å². The summed E-state index contributed by atoms with van der Waals surface area (Å²) < 4.78 is 29.0. The van der Waals surface area contributed by atoms with Gasteiger partial charge in [0.2, 0.25) is 0 Å². The van der Waals surface area contributed by atoms with Crippen molar-refractivity contribution >= 4 is 15.7 Å². The van der Waals surface area contributed by atoms with Gasteiger partial charge in [-0.05, 0) is 50.7 Å². The average molecular weight is 371 g/mol. The van der Waals surface area contributed by atoms with Crippen LogP contribution in [0.1, 0.15) is 31.1 Å². The lowest BCUT2D eigenvalue weighted by Gasteiger charge is -2.34. The van der Waals surface area contributed by atoms with Crippen LogP contribution in [-0.2, 0) is 14.6 Å². The summed E-state index contributed by atoms with van der Waals surface area (Å²) in [5, 5.41) is 3.00. The van der Waals surface area contributed by atoms with Crippen molar-refractivity contribution in [2.45, 2.75) is 31.7 Å². The lowest BCUT2D eigenvalue weighted by molar-refractivity contribution is 0.0885. The highest BCUT2D eigenvalue weighted by Crippen LogP contribution is 2.21. The Labute approximate surface area is 151 Å². The molecule has 1 amide bonds. The Kier molecular flexibility index (Phi) is 7.59. The van der Waals surface area contributed by atoms with E-state index in [-0.39, 0.29) is 34.6 Å². The summed E-state index contributed by atoms with van der Waals surface area (Å²) in [6, 6.07) is 5.99. The standard InChI is InChI=1S/C18H30N2O4S/c1-14(18(2,3)13-20(4)5)19-17(21)15-7-9-16(10-8-15)25(22,23)12-11-24-6/h7-10,14H,11-13H2,1-6H3,(H,19,21)/t14-/m1/s1. The predicted octanol–water partition coefficient (Wildman–Crippen LogP) is 1.81. The van der Waals surface area contributed by atoms with Crippen LogP contribution in [-0.4, -0.2) is 65.4 Å². The summed E-state index contributed by atoms with van der Waals surface area (Å²) in [6.07, 6.45) is 0. The highest BCUT2D eigenvalue weighted by atomic mass is 32.2. The van der Waals surface area contributed by atoms with Crippen LogP contribution < -0.4 is 5.32 Å². The molecule has 142 valence electrons. The lowest BCUT2D eigenvalue weighted by atomic mass is 9.84. The Bertz CT molecular complexity index is 667. The maximum atomic E-state index is 12.4. The number of sulfone groups is 1. The molecule has 0 heterocycles.